The van der Waals surface area contributed by atoms with Gasteiger partial charge in [0, 0.05) is 5.30 Å². The number of nitrogens with two attached hydrogens (primary N) is 1. The molecule has 8 nitrogen and oxygen atoms in total. The van der Waals surface area contributed by atoms with Crippen LogP contribution in [0.4, 0.5) is 0 Å². The maximum atomic E-state index is 10.6. The number of nitrogens with zero attached hydrogens (tertiary/aromatic N) is 2. The Bertz CT molecular complexity index is 398. The van der Waals surface area contributed by atoms with E-state index in [1.165, 1.54) is 24.3 Å². The molecule has 9 heteroatoms. The Kier molecular flexibility index (Phi) is 3.48. The van der Waals surface area contributed by atoms with Crippen LogP contribution in [0.15, 0.2) is 30.3 Å². The second-order valence-electron chi connectivity index (χ2n) is 2.85. The van der Waals surface area contributed by atoms with Crippen molar-refractivity contribution in [1.82, 2.24) is 0 Å². The summed E-state index contributed by atoms with van der Waals surface area (Å²) in [4.78, 5) is 28.2. The first kappa shape index (κ1) is 12.4. The van der Waals surface area contributed by atoms with Crippen LogP contribution < -0.4 is 11.0 Å². The first-order valence-corrected chi connectivity index (χ1v) is 5.32. The van der Waals surface area contributed by atoms with Crippen LogP contribution in [0.1, 0.15) is 0 Å². The van der Waals surface area contributed by atoms with Crippen molar-refractivity contribution < 1.29 is 14.7 Å². The quantitative estimate of drug-likeness (QED) is 0.327. The van der Waals surface area contributed by atoms with Gasteiger partial charge in [0.05, 0.1) is 0 Å². The van der Waals surface area contributed by atoms with Crippen LogP contribution in [0.3, 0.4) is 0 Å². The van der Waals surface area contributed by atoms with E-state index in [1.54, 1.807) is 6.07 Å². The van der Waals surface area contributed by atoms with Crippen molar-refractivity contribution in [3.63, 3.8) is 0 Å². The molecule has 0 aliphatic heterocycles. The fourth-order valence-corrected chi connectivity index (χ4v) is 2.12. The van der Waals surface area contributed by atoms with Gasteiger partial charge in [-0.15, -0.1) is 0 Å². The minimum Gasteiger partial charge on any atom is -0.356 e. The van der Waals surface area contributed by atoms with Crippen LogP contribution in [-0.2, 0) is 0 Å². The Morgan fingerprint density at radius 3 is 2.00 bits per heavy atom. The molecule has 0 saturated heterocycles. The largest absolute Gasteiger partial charge is 0.558 e. The monoisotopic (exact) mass is 245 g/mol. The molecule has 0 heterocycles. The van der Waals surface area contributed by atoms with Gasteiger partial charge < -0.3 is 4.89 Å². The normalized spacial score (nSPS) is 13.1. The van der Waals surface area contributed by atoms with E-state index >= 15 is 0 Å². The third kappa shape index (κ3) is 1.99. The molecule has 0 spiro atoms. The molecule has 0 aliphatic carbocycles. The standard InChI is InChI=1S/C7H8N3O5P/c8-7(9(11)12,10(13)14)16(15)6-4-2-1-3-5-6/h1-5,15H,8H2. The summed E-state index contributed by atoms with van der Waals surface area (Å²) in [7, 11) is -2.72. The summed E-state index contributed by atoms with van der Waals surface area (Å²) in [6, 6.07) is 7.31. The second kappa shape index (κ2) is 4.48. The van der Waals surface area contributed by atoms with Crippen LogP contribution in [0, 0.1) is 20.2 Å². The average Bonchev–Trinajstić information content (AvgIpc) is 2.27. The Labute approximate surface area is 90.8 Å². The van der Waals surface area contributed by atoms with E-state index in [-0.39, 0.29) is 5.30 Å². The van der Waals surface area contributed by atoms with Crippen molar-refractivity contribution in [2.24, 2.45) is 5.73 Å². The van der Waals surface area contributed by atoms with Crippen LogP contribution in [0.5, 0.6) is 0 Å². The molecule has 1 atom stereocenters. The molecule has 3 N–H and O–H groups in total. The van der Waals surface area contributed by atoms with Crippen molar-refractivity contribution >= 4 is 13.5 Å². The van der Waals surface area contributed by atoms with Gasteiger partial charge in [-0.2, -0.15) is 5.73 Å². The fraction of sp³-hybridized carbons (Fsp3) is 0.143. The predicted molar refractivity (Wildman–Crippen MR) is 56.1 cm³/mol. The maximum absolute atomic E-state index is 10.6. The maximum Gasteiger partial charge on any atom is 0.558 e. The molecule has 0 radical (unpaired) electrons. The molecule has 86 valence electrons. The van der Waals surface area contributed by atoms with E-state index in [0.717, 1.165) is 0 Å². The molecule has 0 amide bonds. The highest BCUT2D eigenvalue weighted by Gasteiger charge is 2.61. The summed E-state index contributed by atoms with van der Waals surface area (Å²) in [5.74, 6) is 0. The molecule has 1 rings (SSSR count). The molecule has 1 unspecified atom stereocenters. The smallest absolute Gasteiger partial charge is 0.356 e. The summed E-state index contributed by atoms with van der Waals surface area (Å²) < 4.78 is 0. The van der Waals surface area contributed by atoms with Gasteiger partial charge >= 0.3 is 5.53 Å². The zero-order valence-corrected chi connectivity index (χ0v) is 8.78. The van der Waals surface area contributed by atoms with Gasteiger partial charge in [-0.05, 0) is 0 Å². The molecule has 1 aromatic rings. The summed E-state index contributed by atoms with van der Waals surface area (Å²) in [5.41, 5.74) is 1.97. The third-order valence-corrected chi connectivity index (χ3v) is 3.59. The number of hydrogen-bond donors (Lipinski definition) is 2. The minimum atomic E-state index is -3.07. The summed E-state index contributed by atoms with van der Waals surface area (Å²) >= 11 is 0. The summed E-state index contributed by atoms with van der Waals surface area (Å²) in [6.45, 7) is 0. The summed E-state index contributed by atoms with van der Waals surface area (Å²) in [6.07, 6.45) is 0. The van der Waals surface area contributed by atoms with Crippen molar-refractivity contribution in [1.29, 1.82) is 0 Å². The molecular weight excluding hydrogens is 237 g/mol. The van der Waals surface area contributed by atoms with Crippen LogP contribution in [0.2, 0.25) is 0 Å². The fourth-order valence-electron chi connectivity index (χ4n) is 0.981. The van der Waals surface area contributed by atoms with E-state index in [2.05, 4.69) is 0 Å². The van der Waals surface area contributed by atoms with Crippen molar-refractivity contribution in [3.05, 3.63) is 50.6 Å². The zero-order valence-electron chi connectivity index (χ0n) is 7.89. The lowest BCUT2D eigenvalue weighted by Gasteiger charge is -2.16. The molecule has 0 fully saturated rings. The van der Waals surface area contributed by atoms with Crippen molar-refractivity contribution in [2.75, 3.05) is 0 Å². The average molecular weight is 245 g/mol. The Hall–Kier alpha value is -1.63. The second-order valence-corrected chi connectivity index (χ2v) is 4.65. The highest BCUT2D eigenvalue weighted by atomic mass is 31.1. The Balaban J connectivity index is 3.16. The number of nitro groups is 2. The first-order valence-electron chi connectivity index (χ1n) is 4.02. The van der Waals surface area contributed by atoms with E-state index < -0.39 is 23.5 Å². The molecule has 0 aromatic heterocycles. The summed E-state index contributed by atoms with van der Waals surface area (Å²) in [5, 5.41) is 21.2. The molecule has 16 heavy (non-hydrogen) atoms. The lowest BCUT2D eigenvalue weighted by molar-refractivity contribution is -0.764. The number of hydrogen-bond acceptors (Lipinski definition) is 6. The molecule has 0 aliphatic rings. The van der Waals surface area contributed by atoms with Gasteiger partial charge in [-0.1, -0.05) is 30.3 Å². The van der Waals surface area contributed by atoms with Crippen LogP contribution in [0.25, 0.3) is 0 Å². The SMILES string of the molecule is NC([N+](=O)[O-])([N+](=O)[O-])P(O)c1ccccc1. The van der Waals surface area contributed by atoms with Crippen molar-refractivity contribution in [3.8, 4) is 0 Å². The predicted octanol–water partition coefficient (Wildman–Crippen LogP) is -0.175. The van der Waals surface area contributed by atoms with E-state index in [4.69, 9.17) is 5.73 Å². The van der Waals surface area contributed by atoms with E-state index in [0.29, 0.717) is 0 Å². The van der Waals surface area contributed by atoms with E-state index in [1.807, 2.05) is 0 Å². The lowest BCUT2D eigenvalue weighted by Crippen LogP contribution is -2.54. The molecule has 0 bridgehead atoms. The number of rotatable bonds is 4. The van der Waals surface area contributed by atoms with Crippen LogP contribution >= 0.6 is 8.15 Å². The Morgan fingerprint density at radius 1 is 1.19 bits per heavy atom. The van der Waals surface area contributed by atoms with Crippen molar-refractivity contribution in [2.45, 2.75) is 5.53 Å². The van der Waals surface area contributed by atoms with Gasteiger partial charge in [0.2, 0.25) is 8.15 Å². The van der Waals surface area contributed by atoms with Gasteiger partial charge in [0.15, 0.2) is 0 Å². The van der Waals surface area contributed by atoms with Crippen LogP contribution in [-0.4, -0.2) is 20.3 Å². The van der Waals surface area contributed by atoms with Gasteiger partial charge in [-0.25, -0.2) is 0 Å². The minimum absolute atomic E-state index is 0.0772. The van der Waals surface area contributed by atoms with Gasteiger partial charge in [0.1, 0.15) is 9.85 Å². The van der Waals surface area contributed by atoms with Gasteiger partial charge in [-0.3, -0.25) is 20.2 Å². The van der Waals surface area contributed by atoms with Gasteiger partial charge in [0.25, 0.3) is 0 Å². The highest BCUT2D eigenvalue weighted by molar-refractivity contribution is 7.60. The molecule has 0 saturated carbocycles. The topological polar surface area (TPSA) is 133 Å². The lowest BCUT2D eigenvalue weighted by atomic mass is 10.4. The molecule has 1 aromatic carbocycles. The highest BCUT2D eigenvalue weighted by Crippen LogP contribution is 2.41. The third-order valence-electron chi connectivity index (χ3n) is 1.85. The zero-order chi connectivity index (χ0) is 12.3. The first-order chi connectivity index (χ1) is 7.40. The molecular formula is C7H8N3O5P. The Morgan fingerprint density at radius 2 is 1.62 bits per heavy atom. The number of benzene rings is 1. The van der Waals surface area contributed by atoms with E-state index in [9.17, 15) is 25.1 Å².